The largest absolute Gasteiger partial charge is 0.395 e. The average molecular weight is 267 g/mol. The van der Waals surface area contributed by atoms with Crippen LogP contribution in [0.2, 0.25) is 0 Å². The average Bonchev–Trinajstić information content (AvgIpc) is 2.33. The third kappa shape index (κ3) is 2.62. The molecule has 0 bridgehead atoms. The van der Waals surface area contributed by atoms with Crippen LogP contribution in [-0.2, 0) is 16.1 Å². The van der Waals surface area contributed by atoms with Crippen LogP contribution in [0.3, 0.4) is 0 Å². The number of hydrogen-bond acceptors (Lipinski definition) is 3. The molecule has 0 radical (unpaired) electrons. The lowest BCUT2D eigenvalue weighted by Crippen LogP contribution is -2.56. The molecular weight excluding hydrogens is 249 g/mol. The number of amides is 1. The molecule has 5 heteroatoms. The molecule has 1 aromatic rings. The van der Waals surface area contributed by atoms with Gasteiger partial charge in [0.2, 0.25) is 5.91 Å². The van der Waals surface area contributed by atoms with E-state index in [1.165, 1.54) is 6.07 Å². The third-order valence-corrected chi connectivity index (χ3v) is 3.50. The molecule has 0 saturated carbocycles. The Hall–Kier alpha value is -1.46. The molecule has 1 aromatic carbocycles. The molecule has 1 heterocycles. The van der Waals surface area contributed by atoms with E-state index in [9.17, 15) is 14.3 Å². The Morgan fingerprint density at radius 3 is 2.68 bits per heavy atom. The van der Waals surface area contributed by atoms with Crippen molar-refractivity contribution in [2.45, 2.75) is 13.5 Å². The molecule has 1 aliphatic heterocycles. The Bertz CT molecular complexity index is 480. The Morgan fingerprint density at radius 1 is 1.53 bits per heavy atom. The number of carbonyl (C=O) groups excluding carboxylic acids is 1. The topological polar surface area (TPSA) is 49.8 Å². The van der Waals surface area contributed by atoms with Crippen molar-refractivity contribution in [1.82, 2.24) is 4.90 Å². The summed E-state index contributed by atoms with van der Waals surface area (Å²) in [7, 11) is 1.68. The monoisotopic (exact) mass is 267 g/mol. The highest BCUT2D eigenvalue weighted by molar-refractivity contribution is 5.83. The van der Waals surface area contributed by atoms with E-state index in [0.717, 1.165) is 5.56 Å². The fourth-order valence-corrected chi connectivity index (χ4v) is 2.19. The highest BCUT2D eigenvalue weighted by Crippen LogP contribution is 2.29. The molecule has 0 unspecified atom stereocenters. The van der Waals surface area contributed by atoms with Crippen molar-refractivity contribution in [2.24, 2.45) is 5.41 Å². The van der Waals surface area contributed by atoms with Crippen LogP contribution >= 0.6 is 0 Å². The maximum Gasteiger partial charge on any atom is 0.235 e. The first-order valence-corrected chi connectivity index (χ1v) is 6.18. The fourth-order valence-electron chi connectivity index (χ4n) is 2.19. The van der Waals surface area contributed by atoms with Crippen molar-refractivity contribution in [3.05, 3.63) is 35.1 Å². The van der Waals surface area contributed by atoms with E-state index >= 15 is 0 Å². The van der Waals surface area contributed by atoms with Crippen molar-refractivity contribution in [3.63, 3.8) is 0 Å². The van der Waals surface area contributed by atoms with E-state index < -0.39 is 5.41 Å². The summed E-state index contributed by atoms with van der Waals surface area (Å²) in [6.45, 7) is 2.39. The Kier molecular flexibility index (Phi) is 3.87. The standard InChI is InChI=1S/C14H18FNO3/c1-10-5-11(3-4-12(10)15)6-16(2)13(18)14(7-17)8-19-9-14/h3-5,17H,6-9H2,1-2H3. The van der Waals surface area contributed by atoms with Gasteiger partial charge in [-0.25, -0.2) is 4.39 Å². The summed E-state index contributed by atoms with van der Waals surface area (Å²) in [4.78, 5) is 13.8. The number of nitrogens with zero attached hydrogens (tertiary/aromatic N) is 1. The second-order valence-electron chi connectivity index (χ2n) is 5.18. The van der Waals surface area contributed by atoms with Crippen molar-refractivity contribution >= 4 is 5.91 Å². The molecule has 1 saturated heterocycles. The first-order chi connectivity index (χ1) is 8.98. The normalized spacial score (nSPS) is 16.8. The molecule has 1 fully saturated rings. The number of carbonyl (C=O) groups is 1. The summed E-state index contributed by atoms with van der Waals surface area (Å²) in [6.07, 6.45) is 0. The lowest BCUT2D eigenvalue weighted by molar-refractivity contribution is -0.179. The Labute approximate surface area is 111 Å². The van der Waals surface area contributed by atoms with E-state index in [4.69, 9.17) is 4.74 Å². The van der Waals surface area contributed by atoms with E-state index in [-0.39, 0.29) is 31.5 Å². The summed E-state index contributed by atoms with van der Waals surface area (Å²) in [5.74, 6) is -0.389. The van der Waals surface area contributed by atoms with Gasteiger partial charge in [-0.2, -0.15) is 0 Å². The maximum absolute atomic E-state index is 13.2. The lowest BCUT2D eigenvalue weighted by Gasteiger charge is -2.40. The van der Waals surface area contributed by atoms with Gasteiger partial charge in [-0.3, -0.25) is 4.79 Å². The minimum atomic E-state index is -0.788. The van der Waals surface area contributed by atoms with Crippen LogP contribution in [0.5, 0.6) is 0 Å². The number of hydrogen-bond donors (Lipinski definition) is 1. The number of rotatable bonds is 4. The minimum Gasteiger partial charge on any atom is -0.395 e. The molecule has 0 aliphatic carbocycles. The van der Waals surface area contributed by atoms with Gasteiger partial charge in [0.15, 0.2) is 0 Å². The van der Waals surface area contributed by atoms with E-state index in [1.54, 1.807) is 31.0 Å². The van der Waals surface area contributed by atoms with Crippen LogP contribution in [0.4, 0.5) is 4.39 Å². The fraction of sp³-hybridized carbons (Fsp3) is 0.500. The van der Waals surface area contributed by atoms with Crippen molar-refractivity contribution < 1.29 is 19.0 Å². The Morgan fingerprint density at radius 2 is 2.21 bits per heavy atom. The predicted octanol–water partition coefficient (Wildman–Crippen LogP) is 1.10. The van der Waals surface area contributed by atoms with Crippen LogP contribution in [0.25, 0.3) is 0 Å². The zero-order chi connectivity index (χ0) is 14.0. The zero-order valence-electron chi connectivity index (χ0n) is 11.1. The summed E-state index contributed by atoms with van der Waals surface area (Å²) < 4.78 is 18.2. The quantitative estimate of drug-likeness (QED) is 0.889. The molecule has 1 N–H and O–H groups in total. The van der Waals surface area contributed by atoms with Crippen molar-refractivity contribution in [2.75, 3.05) is 26.9 Å². The van der Waals surface area contributed by atoms with Crippen molar-refractivity contribution in [1.29, 1.82) is 0 Å². The van der Waals surface area contributed by atoms with E-state index in [0.29, 0.717) is 12.1 Å². The minimum absolute atomic E-state index is 0.136. The van der Waals surface area contributed by atoms with Crippen LogP contribution < -0.4 is 0 Å². The molecule has 104 valence electrons. The molecule has 1 aliphatic rings. The lowest BCUT2D eigenvalue weighted by atomic mass is 9.85. The molecule has 0 atom stereocenters. The number of aryl methyl sites for hydroxylation is 1. The summed E-state index contributed by atoms with van der Waals surface area (Å²) in [5.41, 5.74) is 0.634. The van der Waals surface area contributed by atoms with Gasteiger partial charge in [-0.15, -0.1) is 0 Å². The predicted molar refractivity (Wildman–Crippen MR) is 67.9 cm³/mol. The van der Waals surface area contributed by atoms with Gasteiger partial charge in [0.05, 0.1) is 19.8 Å². The highest BCUT2D eigenvalue weighted by Gasteiger charge is 2.46. The van der Waals surface area contributed by atoms with Crippen LogP contribution in [-0.4, -0.2) is 42.8 Å². The number of benzene rings is 1. The number of halogens is 1. The van der Waals surface area contributed by atoms with Crippen LogP contribution in [0.1, 0.15) is 11.1 Å². The van der Waals surface area contributed by atoms with Gasteiger partial charge in [0.25, 0.3) is 0 Å². The number of aliphatic hydroxyl groups excluding tert-OH is 1. The van der Waals surface area contributed by atoms with Gasteiger partial charge in [0, 0.05) is 13.6 Å². The SMILES string of the molecule is Cc1cc(CN(C)C(=O)C2(CO)COC2)ccc1F. The number of aliphatic hydroxyl groups is 1. The second-order valence-corrected chi connectivity index (χ2v) is 5.18. The zero-order valence-corrected chi connectivity index (χ0v) is 11.1. The van der Waals surface area contributed by atoms with E-state index in [2.05, 4.69) is 0 Å². The third-order valence-electron chi connectivity index (χ3n) is 3.50. The molecule has 0 aromatic heterocycles. The number of ether oxygens (including phenoxy) is 1. The molecule has 0 spiro atoms. The van der Waals surface area contributed by atoms with Gasteiger partial charge in [-0.05, 0) is 24.1 Å². The summed E-state index contributed by atoms with van der Waals surface area (Å²) in [5, 5.41) is 9.33. The van der Waals surface area contributed by atoms with Crippen LogP contribution in [0, 0.1) is 18.2 Å². The molecule has 2 rings (SSSR count). The first-order valence-electron chi connectivity index (χ1n) is 6.18. The van der Waals surface area contributed by atoms with Crippen molar-refractivity contribution in [3.8, 4) is 0 Å². The molecule has 1 amide bonds. The van der Waals surface area contributed by atoms with Gasteiger partial charge in [0.1, 0.15) is 11.2 Å². The maximum atomic E-state index is 13.2. The van der Waals surface area contributed by atoms with Gasteiger partial charge >= 0.3 is 0 Å². The van der Waals surface area contributed by atoms with Gasteiger partial charge in [-0.1, -0.05) is 12.1 Å². The molecule has 19 heavy (non-hydrogen) atoms. The summed E-state index contributed by atoms with van der Waals surface area (Å²) in [6, 6.07) is 4.79. The summed E-state index contributed by atoms with van der Waals surface area (Å²) >= 11 is 0. The van der Waals surface area contributed by atoms with Crippen LogP contribution in [0.15, 0.2) is 18.2 Å². The molecular formula is C14H18FNO3. The smallest absolute Gasteiger partial charge is 0.235 e. The Balaban J connectivity index is 2.06. The molecule has 4 nitrogen and oxygen atoms in total. The van der Waals surface area contributed by atoms with E-state index in [1.807, 2.05) is 0 Å². The second kappa shape index (κ2) is 5.27. The first kappa shape index (κ1) is 14.0. The van der Waals surface area contributed by atoms with Gasteiger partial charge < -0.3 is 14.7 Å². The highest BCUT2D eigenvalue weighted by atomic mass is 19.1.